The summed E-state index contributed by atoms with van der Waals surface area (Å²) in [5.41, 5.74) is 4.31. The topological polar surface area (TPSA) is 58.6 Å². The van der Waals surface area contributed by atoms with Gasteiger partial charge in [-0.2, -0.15) is 0 Å². The molecule has 0 spiro atoms. The second kappa shape index (κ2) is 9.86. The van der Waals surface area contributed by atoms with Gasteiger partial charge in [0, 0.05) is 26.2 Å². The minimum atomic E-state index is -0.492. The molecule has 0 radical (unpaired) electrons. The maximum absolute atomic E-state index is 13.2. The number of ether oxygens (including phenoxy) is 1. The fourth-order valence-electron chi connectivity index (χ4n) is 5.10. The van der Waals surface area contributed by atoms with Crippen molar-refractivity contribution in [3.63, 3.8) is 0 Å². The molecule has 0 saturated carbocycles. The third-order valence-electron chi connectivity index (χ3n) is 6.98. The first-order valence-electron chi connectivity index (χ1n) is 11.9. The van der Waals surface area contributed by atoms with Crippen LogP contribution < -0.4 is 5.32 Å². The Kier molecular flexibility index (Phi) is 6.95. The van der Waals surface area contributed by atoms with Gasteiger partial charge in [0.05, 0.1) is 5.41 Å². The SMILES string of the molecule is CCNC(=O)C1(Cc2cccc(-c3ccccc3C)c2)CCN(C(=O)[C@@H]2CCCO2)CC1. The number of carbonyl (C=O) groups excluding carboxylic acids is 2. The zero-order chi connectivity index (χ0) is 22.6. The van der Waals surface area contributed by atoms with Crippen LogP contribution in [0.4, 0.5) is 0 Å². The Morgan fingerprint density at radius 3 is 2.59 bits per heavy atom. The van der Waals surface area contributed by atoms with Crippen LogP contribution in [0.5, 0.6) is 0 Å². The average Bonchev–Trinajstić information content (AvgIpc) is 3.35. The summed E-state index contributed by atoms with van der Waals surface area (Å²) in [6.07, 6.45) is 3.49. The van der Waals surface area contributed by atoms with Crippen molar-refractivity contribution in [2.45, 2.75) is 52.1 Å². The Morgan fingerprint density at radius 2 is 1.91 bits per heavy atom. The predicted octanol–water partition coefficient (Wildman–Crippen LogP) is 4.13. The zero-order valence-corrected chi connectivity index (χ0v) is 19.2. The smallest absolute Gasteiger partial charge is 0.251 e. The highest BCUT2D eigenvalue weighted by atomic mass is 16.5. The van der Waals surface area contributed by atoms with Crippen LogP contribution in [0.15, 0.2) is 48.5 Å². The molecular weight excluding hydrogens is 400 g/mol. The Labute approximate surface area is 191 Å². The lowest BCUT2D eigenvalue weighted by Gasteiger charge is -2.41. The summed E-state index contributed by atoms with van der Waals surface area (Å²) in [6.45, 7) is 6.58. The highest BCUT2D eigenvalue weighted by molar-refractivity contribution is 5.85. The standard InChI is InChI=1S/C27H34N2O3/c1-3-28-26(31)27(13-15-29(16-14-27)25(30)24-12-7-17-32-24)19-21-9-6-10-22(18-21)23-11-5-4-8-20(23)2/h4-6,8-11,18,24H,3,7,12-17,19H2,1-2H3,(H,28,31)/t24-/m0/s1. The molecular formula is C27H34N2O3. The van der Waals surface area contributed by atoms with Crippen LogP contribution in [0.2, 0.25) is 0 Å². The van der Waals surface area contributed by atoms with Crippen molar-refractivity contribution in [2.75, 3.05) is 26.2 Å². The second-order valence-electron chi connectivity index (χ2n) is 9.16. The molecule has 0 bridgehead atoms. The lowest BCUT2D eigenvalue weighted by molar-refractivity contribution is -0.146. The molecule has 0 aliphatic carbocycles. The molecule has 2 saturated heterocycles. The van der Waals surface area contributed by atoms with Gasteiger partial charge in [-0.3, -0.25) is 9.59 Å². The van der Waals surface area contributed by atoms with E-state index < -0.39 is 5.41 Å². The minimum absolute atomic E-state index is 0.0912. The molecule has 2 fully saturated rings. The number of benzene rings is 2. The Balaban J connectivity index is 1.53. The van der Waals surface area contributed by atoms with E-state index in [0.29, 0.717) is 45.5 Å². The average molecular weight is 435 g/mol. The van der Waals surface area contributed by atoms with Gasteiger partial charge >= 0.3 is 0 Å². The molecule has 1 atom stereocenters. The maximum atomic E-state index is 13.2. The fourth-order valence-corrected chi connectivity index (χ4v) is 5.10. The summed E-state index contributed by atoms with van der Waals surface area (Å²) in [7, 11) is 0. The monoisotopic (exact) mass is 434 g/mol. The van der Waals surface area contributed by atoms with Crippen LogP contribution >= 0.6 is 0 Å². The number of amides is 2. The highest BCUT2D eigenvalue weighted by Gasteiger charge is 2.43. The first-order valence-corrected chi connectivity index (χ1v) is 11.9. The van der Waals surface area contributed by atoms with Gasteiger partial charge in [0.25, 0.3) is 5.91 Å². The zero-order valence-electron chi connectivity index (χ0n) is 19.2. The molecule has 5 nitrogen and oxygen atoms in total. The van der Waals surface area contributed by atoms with Gasteiger partial charge in [-0.05, 0) is 68.2 Å². The minimum Gasteiger partial charge on any atom is -0.368 e. The molecule has 4 rings (SSSR count). The number of likely N-dealkylation sites (tertiary alicyclic amines) is 1. The van der Waals surface area contributed by atoms with Gasteiger partial charge in [-0.15, -0.1) is 0 Å². The van der Waals surface area contributed by atoms with Crippen molar-refractivity contribution >= 4 is 11.8 Å². The van der Waals surface area contributed by atoms with Crippen molar-refractivity contribution in [2.24, 2.45) is 5.41 Å². The Hall–Kier alpha value is -2.66. The van der Waals surface area contributed by atoms with Crippen molar-refractivity contribution in [1.29, 1.82) is 0 Å². The molecule has 5 heteroatoms. The van der Waals surface area contributed by atoms with Crippen LogP contribution in [-0.2, 0) is 20.7 Å². The van der Waals surface area contributed by atoms with Crippen LogP contribution in [-0.4, -0.2) is 49.1 Å². The number of nitrogens with one attached hydrogen (secondary N) is 1. The van der Waals surface area contributed by atoms with Crippen LogP contribution in [0.3, 0.4) is 0 Å². The van der Waals surface area contributed by atoms with E-state index in [2.05, 4.69) is 60.8 Å². The molecule has 2 aliphatic rings. The Bertz CT molecular complexity index is 957. The summed E-state index contributed by atoms with van der Waals surface area (Å²) in [6, 6.07) is 16.9. The second-order valence-corrected chi connectivity index (χ2v) is 9.16. The van der Waals surface area contributed by atoms with E-state index in [-0.39, 0.29) is 17.9 Å². The third-order valence-corrected chi connectivity index (χ3v) is 6.98. The van der Waals surface area contributed by atoms with E-state index >= 15 is 0 Å². The van der Waals surface area contributed by atoms with E-state index in [1.54, 1.807) is 0 Å². The molecule has 2 aromatic rings. The number of nitrogens with zero attached hydrogens (tertiary/aromatic N) is 1. The quantitative estimate of drug-likeness (QED) is 0.744. The summed E-state index contributed by atoms with van der Waals surface area (Å²) < 4.78 is 5.60. The first kappa shape index (κ1) is 22.5. The van der Waals surface area contributed by atoms with Gasteiger partial charge in [0.2, 0.25) is 5.91 Å². The molecule has 32 heavy (non-hydrogen) atoms. The van der Waals surface area contributed by atoms with Crippen molar-refractivity contribution < 1.29 is 14.3 Å². The number of carbonyl (C=O) groups is 2. The van der Waals surface area contributed by atoms with E-state index in [1.807, 2.05) is 11.8 Å². The van der Waals surface area contributed by atoms with Gasteiger partial charge in [0.15, 0.2) is 0 Å². The van der Waals surface area contributed by atoms with Gasteiger partial charge < -0.3 is 15.0 Å². The van der Waals surface area contributed by atoms with Gasteiger partial charge in [0.1, 0.15) is 6.10 Å². The van der Waals surface area contributed by atoms with Crippen LogP contribution in [0.25, 0.3) is 11.1 Å². The normalized spacial score (nSPS) is 20.2. The number of piperidine rings is 1. The fraction of sp³-hybridized carbons (Fsp3) is 0.481. The van der Waals surface area contributed by atoms with E-state index in [1.165, 1.54) is 16.7 Å². The summed E-state index contributed by atoms with van der Waals surface area (Å²) >= 11 is 0. The summed E-state index contributed by atoms with van der Waals surface area (Å²) in [5.74, 6) is 0.194. The van der Waals surface area contributed by atoms with E-state index in [4.69, 9.17) is 4.74 Å². The summed E-state index contributed by atoms with van der Waals surface area (Å²) in [5, 5.41) is 3.06. The van der Waals surface area contributed by atoms with Crippen LogP contribution in [0.1, 0.15) is 43.7 Å². The molecule has 0 aromatic heterocycles. The van der Waals surface area contributed by atoms with Crippen molar-refractivity contribution in [1.82, 2.24) is 10.2 Å². The number of aryl methyl sites for hydroxylation is 1. The third kappa shape index (κ3) is 4.73. The Morgan fingerprint density at radius 1 is 1.12 bits per heavy atom. The maximum Gasteiger partial charge on any atom is 0.251 e. The highest BCUT2D eigenvalue weighted by Crippen LogP contribution is 2.37. The van der Waals surface area contributed by atoms with Gasteiger partial charge in [-0.1, -0.05) is 48.5 Å². The van der Waals surface area contributed by atoms with E-state index in [0.717, 1.165) is 18.4 Å². The van der Waals surface area contributed by atoms with E-state index in [9.17, 15) is 9.59 Å². The molecule has 0 unspecified atom stereocenters. The number of rotatable bonds is 6. The van der Waals surface area contributed by atoms with Crippen molar-refractivity contribution in [3.8, 4) is 11.1 Å². The van der Waals surface area contributed by atoms with Gasteiger partial charge in [-0.25, -0.2) is 0 Å². The first-order chi connectivity index (χ1) is 15.5. The number of hydrogen-bond acceptors (Lipinski definition) is 3. The largest absolute Gasteiger partial charge is 0.368 e. The lowest BCUT2D eigenvalue weighted by atomic mass is 9.72. The molecule has 2 aromatic carbocycles. The molecule has 2 amide bonds. The van der Waals surface area contributed by atoms with Crippen LogP contribution in [0, 0.1) is 12.3 Å². The van der Waals surface area contributed by atoms with Crippen molar-refractivity contribution in [3.05, 3.63) is 59.7 Å². The molecule has 2 heterocycles. The molecule has 1 N–H and O–H groups in total. The summed E-state index contributed by atoms with van der Waals surface area (Å²) in [4.78, 5) is 27.9. The molecule has 170 valence electrons. The number of hydrogen-bond donors (Lipinski definition) is 1. The molecule has 2 aliphatic heterocycles. The predicted molar refractivity (Wildman–Crippen MR) is 126 cm³/mol. The lowest BCUT2D eigenvalue weighted by Crippen LogP contribution is -2.52.